The minimum Gasteiger partial charge on any atom is -0.873 e. The summed E-state index contributed by atoms with van der Waals surface area (Å²) < 4.78 is 0. The second-order valence-electron chi connectivity index (χ2n) is 0.670. The molecule has 0 fully saturated rings. The molecule has 0 aromatic carbocycles. The third kappa shape index (κ3) is 3.28. The van der Waals surface area contributed by atoms with Crippen LogP contribution in [-0.4, -0.2) is 0 Å². The lowest BCUT2D eigenvalue weighted by Gasteiger charge is -1.95. The highest BCUT2D eigenvalue weighted by Gasteiger charge is 1.46. The summed E-state index contributed by atoms with van der Waals surface area (Å²) >= 11 is 0. The minimum absolute atomic E-state index is 0.231. The third-order valence-electron chi connectivity index (χ3n) is 0.228. The molecule has 0 aliphatic heterocycles. The first kappa shape index (κ1) is 4.28. The Morgan fingerprint density at radius 1 is 1.80 bits per heavy atom. The van der Waals surface area contributed by atoms with Gasteiger partial charge in [-0.1, -0.05) is 12.7 Å². The molecular weight excluding hydrogens is 64.0 g/mol. The Morgan fingerprint density at radius 3 is 2.00 bits per heavy atom. The fourth-order valence-electron chi connectivity index (χ4n) is 0. The lowest BCUT2D eigenvalue weighted by Crippen LogP contribution is -1.94. The number of hydrogen-bond donors (Lipinski definition) is 0. The normalized spacial score (nSPS) is 6.40. The first-order valence-electron chi connectivity index (χ1n) is 1.25. The maximum Gasteiger partial charge on any atom is -0.0780 e. The molecule has 0 atom stereocenters. The van der Waals surface area contributed by atoms with Crippen LogP contribution in [0.4, 0.5) is 0 Å². The van der Waals surface area contributed by atoms with Gasteiger partial charge in [-0.2, -0.15) is 0 Å². The Hall–Kier alpha value is -0.720. The average Bonchev–Trinajstić information content (AvgIpc) is 1.38. The van der Waals surface area contributed by atoms with E-state index in [1.165, 1.54) is 6.08 Å². The molecule has 0 heterocycles. The fraction of sp³-hybridized carbons (Fsp3) is 0. The molecule has 0 saturated carbocycles. The van der Waals surface area contributed by atoms with Gasteiger partial charge in [-0.15, -0.1) is 12.3 Å². The lowest BCUT2D eigenvalue weighted by molar-refractivity contribution is -0.294. The molecule has 1 heteroatoms. The van der Waals surface area contributed by atoms with Crippen LogP contribution in [0.5, 0.6) is 0 Å². The highest BCUT2D eigenvalue weighted by atomic mass is 16.3. The van der Waals surface area contributed by atoms with Crippen molar-refractivity contribution in [1.29, 1.82) is 0 Å². The van der Waals surface area contributed by atoms with Gasteiger partial charge < -0.3 is 5.11 Å². The fourth-order valence-corrected chi connectivity index (χ4v) is 0. The zero-order valence-electron chi connectivity index (χ0n) is 2.90. The van der Waals surface area contributed by atoms with E-state index < -0.39 is 0 Å². The minimum atomic E-state index is -0.231. The Labute approximate surface area is 31.2 Å². The van der Waals surface area contributed by atoms with Gasteiger partial charge in [0.2, 0.25) is 0 Å². The van der Waals surface area contributed by atoms with Crippen LogP contribution in [0, 0.1) is 0 Å². The largest absolute Gasteiger partial charge is 0.873 e. The van der Waals surface area contributed by atoms with Crippen molar-refractivity contribution in [1.82, 2.24) is 0 Å². The van der Waals surface area contributed by atoms with Crippen molar-refractivity contribution in [2.75, 3.05) is 0 Å². The van der Waals surface area contributed by atoms with Crippen molar-refractivity contribution in [3.05, 3.63) is 25.0 Å². The summed E-state index contributed by atoms with van der Waals surface area (Å²) in [5.74, 6) is -0.231. The molecular formula is C4H5O-. The molecule has 0 amide bonds. The third-order valence-corrected chi connectivity index (χ3v) is 0.228. The van der Waals surface area contributed by atoms with Crippen LogP contribution in [0.1, 0.15) is 0 Å². The maximum atomic E-state index is 9.58. The monoisotopic (exact) mass is 69.0 g/mol. The Bertz CT molecular complexity index is 54.7. The van der Waals surface area contributed by atoms with E-state index in [0.29, 0.717) is 0 Å². The van der Waals surface area contributed by atoms with Crippen LogP contribution in [0.2, 0.25) is 0 Å². The number of hydrogen-bond acceptors (Lipinski definition) is 1. The SMILES string of the molecule is C=CC(=C)[O-]. The molecule has 0 spiro atoms. The average molecular weight is 69.1 g/mol. The van der Waals surface area contributed by atoms with E-state index in [1.54, 1.807) is 0 Å². The van der Waals surface area contributed by atoms with Gasteiger partial charge >= 0.3 is 0 Å². The molecule has 0 saturated heterocycles. The Kier molecular flexibility index (Phi) is 1.36. The highest BCUT2D eigenvalue weighted by molar-refractivity contribution is 4.96. The lowest BCUT2D eigenvalue weighted by atomic mass is 10.6. The summed E-state index contributed by atoms with van der Waals surface area (Å²) in [4.78, 5) is 0. The number of allylic oxidation sites excluding steroid dienone is 1. The van der Waals surface area contributed by atoms with Gasteiger partial charge in [0.25, 0.3) is 0 Å². The second kappa shape index (κ2) is 1.58. The molecule has 5 heavy (non-hydrogen) atoms. The molecule has 0 N–H and O–H groups in total. The highest BCUT2D eigenvalue weighted by Crippen LogP contribution is 1.68. The van der Waals surface area contributed by atoms with Crippen molar-refractivity contribution >= 4 is 0 Å². The molecule has 28 valence electrons. The van der Waals surface area contributed by atoms with Gasteiger partial charge in [-0.3, -0.25) is 0 Å². The van der Waals surface area contributed by atoms with Gasteiger partial charge in [0.1, 0.15) is 0 Å². The summed E-state index contributed by atoms with van der Waals surface area (Å²) in [5.41, 5.74) is 0. The van der Waals surface area contributed by atoms with E-state index in [4.69, 9.17) is 0 Å². The van der Waals surface area contributed by atoms with Crippen molar-refractivity contribution in [2.45, 2.75) is 0 Å². The van der Waals surface area contributed by atoms with Crippen LogP contribution < -0.4 is 5.11 Å². The zero-order chi connectivity index (χ0) is 4.28. The standard InChI is InChI=1S/C4H6O/c1-3-4(2)5/h3,5H,1-2H2/p-1. The summed E-state index contributed by atoms with van der Waals surface area (Å²) in [5, 5.41) is 9.58. The molecule has 1 nitrogen and oxygen atoms in total. The van der Waals surface area contributed by atoms with Gasteiger partial charge in [-0.25, -0.2) is 0 Å². The summed E-state index contributed by atoms with van der Waals surface area (Å²) in [7, 11) is 0. The molecule has 0 aromatic rings. The molecule has 0 unspecified atom stereocenters. The molecule has 0 aliphatic carbocycles. The van der Waals surface area contributed by atoms with Crippen LogP contribution in [-0.2, 0) is 0 Å². The number of rotatable bonds is 1. The van der Waals surface area contributed by atoms with Crippen molar-refractivity contribution < 1.29 is 5.11 Å². The van der Waals surface area contributed by atoms with E-state index in [0.717, 1.165) is 0 Å². The smallest absolute Gasteiger partial charge is 0.0780 e. The van der Waals surface area contributed by atoms with E-state index >= 15 is 0 Å². The van der Waals surface area contributed by atoms with E-state index in [9.17, 15) is 5.11 Å². The van der Waals surface area contributed by atoms with E-state index in [2.05, 4.69) is 13.2 Å². The Morgan fingerprint density at radius 2 is 2.00 bits per heavy atom. The van der Waals surface area contributed by atoms with Crippen LogP contribution in [0.25, 0.3) is 0 Å². The van der Waals surface area contributed by atoms with Crippen LogP contribution in [0.15, 0.2) is 25.0 Å². The predicted molar refractivity (Wildman–Crippen MR) is 19.3 cm³/mol. The van der Waals surface area contributed by atoms with Gasteiger partial charge in [0.15, 0.2) is 0 Å². The maximum absolute atomic E-state index is 9.58. The summed E-state index contributed by atoms with van der Waals surface area (Å²) in [6, 6.07) is 0. The summed E-state index contributed by atoms with van der Waals surface area (Å²) in [6.07, 6.45) is 1.17. The second-order valence-corrected chi connectivity index (χ2v) is 0.670. The topological polar surface area (TPSA) is 23.1 Å². The molecule has 0 rings (SSSR count). The Balaban J connectivity index is 3.20. The molecule has 0 aromatic heterocycles. The van der Waals surface area contributed by atoms with Gasteiger partial charge in [0.05, 0.1) is 0 Å². The zero-order valence-corrected chi connectivity index (χ0v) is 2.90. The first-order chi connectivity index (χ1) is 2.27. The van der Waals surface area contributed by atoms with Gasteiger partial charge in [-0.05, 0) is 0 Å². The van der Waals surface area contributed by atoms with Crippen molar-refractivity contribution in [2.24, 2.45) is 0 Å². The summed E-state index contributed by atoms with van der Waals surface area (Å²) in [6.45, 7) is 6.15. The predicted octanol–water partition coefficient (Wildman–Crippen LogP) is 0.0464. The van der Waals surface area contributed by atoms with Crippen LogP contribution >= 0.6 is 0 Å². The van der Waals surface area contributed by atoms with Crippen molar-refractivity contribution in [3.63, 3.8) is 0 Å². The van der Waals surface area contributed by atoms with Gasteiger partial charge in [0, 0.05) is 0 Å². The van der Waals surface area contributed by atoms with E-state index in [1.807, 2.05) is 0 Å². The van der Waals surface area contributed by atoms with E-state index in [-0.39, 0.29) is 5.76 Å². The molecule has 0 aliphatic rings. The quantitative estimate of drug-likeness (QED) is 0.315. The molecule has 0 radical (unpaired) electrons. The first-order valence-corrected chi connectivity index (χ1v) is 1.25. The van der Waals surface area contributed by atoms with Crippen molar-refractivity contribution in [3.8, 4) is 0 Å². The van der Waals surface area contributed by atoms with Crippen LogP contribution in [0.3, 0.4) is 0 Å². The molecule has 0 bridgehead atoms.